The lowest BCUT2D eigenvalue weighted by molar-refractivity contribution is -0.121. The average molecular weight is 480 g/mol. The molecule has 34 heavy (non-hydrogen) atoms. The molecule has 3 rings (SSSR count). The van der Waals surface area contributed by atoms with Gasteiger partial charge in [0.1, 0.15) is 5.75 Å². The zero-order valence-electron chi connectivity index (χ0n) is 19.6. The normalized spacial score (nSPS) is 11.6. The molecule has 0 saturated heterocycles. The average Bonchev–Trinajstić information content (AvgIpc) is 2.80. The molecule has 3 aromatic rings. The summed E-state index contributed by atoms with van der Waals surface area (Å²) in [6, 6.07) is 21.4. The van der Waals surface area contributed by atoms with E-state index in [0.717, 1.165) is 32.3 Å². The van der Waals surface area contributed by atoms with E-state index in [1.54, 1.807) is 24.3 Å². The number of ether oxygens (including phenoxy) is 1. The number of amides is 1. The van der Waals surface area contributed by atoms with E-state index in [0.29, 0.717) is 6.61 Å². The highest BCUT2D eigenvalue weighted by molar-refractivity contribution is 7.89. The van der Waals surface area contributed by atoms with Crippen LogP contribution in [0.4, 0.5) is 0 Å². The van der Waals surface area contributed by atoms with E-state index >= 15 is 0 Å². The summed E-state index contributed by atoms with van der Waals surface area (Å²) in [5, 5.41) is 3.97. The lowest BCUT2D eigenvalue weighted by Gasteiger charge is -2.22. The smallest absolute Gasteiger partial charge is 0.255 e. The number of hydrogen-bond acceptors (Lipinski definition) is 5. The molecule has 0 bridgehead atoms. The molecule has 0 aliphatic heterocycles. The standard InChI is InChI=1S/C26H29N3O4S/c1-4-33-24-12-10-22(11-13-24)17-27-28-26(30)19-29(18-23-7-5-6-21(3)16-23)34(31,32)25-14-8-20(2)9-15-25/h5-17H,4,18-19H2,1-3H3,(H,28,30)/b27-17-. The monoisotopic (exact) mass is 479 g/mol. The Morgan fingerprint density at radius 1 is 1.00 bits per heavy atom. The molecule has 3 aromatic carbocycles. The lowest BCUT2D eigenvalue weighted by Crippen LogP contribution is -2.39. The highest BCUT2D eigenvalue weighted by Crippen LogP contribution is 2.19. The van der Waals surface area contributed by atoms with Crippen molar-refractivity contribution in [3.63, 3.8) is 0 Å². The van der Waals surface area contributed by atoms with Gasteiger partial charge >= 0.3 is 0 Å². The topological polar surface area (TPSA) is 88.1 Å². The summed E-state index contributed by atoms with van der Waals surface area (Å²) >= 11 is 0. The summed E-state index contributed by atoms with van der Waals surface area (Å²) in [4.78, 5) is 12.8. The first-order chi connectivity index (χ1) is 16.3. The van der Waals surface area contributed by atoms with E-state index < -0.39 is 15.9 Å². The fourth-order valence-corrected chi connectivity index (χ4v) is 4.67. The predicted molar refractivity (Wildman–Crippen MR) is 133 cm³/mol. The van der Waals surface area contributed by atoms with Gasteiger partial charge in [-0.1, -0.05) is 47.5 Å². The molecule has 0 atom stereocenters. The first kappa shape index (κ1) is 25.1. The minimum Gasteiger partial charge on any atom is -0.494 e. The van der Waals surface area contributed by atoms with E-state index in [9.17, 15) is 13.2 Å². The number of carbonyl (C=O) groups excluding carboxylic acids is 1. The van der Waals surface area contributed by atoms with Crippen molar-refractivity contribution in [2.24, 2.45) is 5.10 Å². The number of nitrogens with zero attached hydrogens (tertiary/aromatic N) is 2. The number of rotatable bonds is 10. The fourth-order valence-electron chi connectivity index (χ4n) is 3.29. The van der Waals surface area contributed by atoms with Crippen LogP contribution in [0.15, 0.2) is 82.8 Å². The summed E-state index contributed by atoms with van der Waals surface area (Å²) in [6.45, 7) is 6.00. The minimum absolute atomic E-state index is 0.0634. The van der Waals surface area contributed by atoms with E-state index in [1.165, 1.54) is 6.21 Å². The zero-order chi connectivity index (χ0) is 24.6. The van der Waals surface area contributed by atoms with E-state index in [4.69, 9.17) is 4.74 Å². The second kappa shape index (κ2) is 11.6. The molecule has 8 heteroatoms. The summed E-state index contributed by atoms with van der Waals surface area (Å²) in [7, 11) is -3.90. The Hall–Kier alpha value is -3.49. The molecule has 1 N–H and O–H groups in total. The van der Waals surface area contributed by atoms with E-state index in [1.807, 2.05) is 69.3 Å². The highest BCUT2D eigenvalue weighted by Gasteiger charge is 2.27. The molecule has 0 spiro atoms. The number of aryl methyl sites for hydroxylation is 2. The summed E-state index contributed by atoms with van der Waals surface area (Å²) in [5.74, 6) is 0.210. The van der Waals surface area contributed by atoms with Gasteiger partial charge in [0.25, 0.3) is 5.91 Å². The Balaban J connectivity index is 1.74. The van der Waals surface area contributed by atoms with Gasteiger partial charge in [-0.05, 0) is 68.3 Å². The molecule has 0 aromatic heterocycles. The molecular formula is C26H29N3O4S. The van der Waals surface area contributed by atoms with Crippen molar-refractivity contribution in [3.8, 4) is 5.75 Å². The van der Waals surface area contributed by atoms with Gasteiger partial charge in [-0.2, -0.15) is 9.41 Å². The number of nitrogens with one attached hydrogen (secondary N) is 1. The van der Waals surface area contributed by atoms with Gasteiger partial charge in [0.2, 0.25) is 10.0 Å². The van der Waals surface area contributed by atoms with Crippen LogP contribution < -0.4 is 10.2 Å². The minimum atomic E-state index is -3.90. The number of hydrogen-bond donors (Lipinski definition) is 1. The van der Waals surface area contributed by atoms with E-state index in [-0.39, 0.29) is 18.0 Å². The van der Waals surface area contributed by atoms with Crippen LogP contribution in [0.5, 0.6) is 5.75 Å². The molecule has 7 nitrogen and oxygen atoms in total. The third-order valence-electron chi connectivity index (χ3n) is 5.01. The van der Waals surface area contributed by atoms with Crippen molar-refractivity contribution in [2.45, 2.75) is 32.2 Å². The van der Waals surface area contributed by atoms with Crippen LogP contribution in [-0.2, 0) is 21.4 Å². The highest BCUT2D eigenvalue weighted by atomic mass is 32.2. The molecule has 0 saturated carbocycles. The fraction of sp³-hybridized carbons (Fsp3) is 0.231. The van der Waals surface area contributed by atoms with Gasteiger partial charge in [-0.15, -0.1) is 0 Å². The van der Waals surface area contributed by atoms with Crippen LogP contribution in [0.25, 0.3) is 0 Å². The Morgan fingerprint density at radius 3 is 2.35 bits per heavy atom. The third-order valence-corrected chi connectivity index (χ3v) is 6.82. The molecule has 178 valence electrons. The van der Waals surface area contributed by atoms with Crippen LogP contribution in [0.1, 0.15) is 29.2 Å². The molecule has 0 aliphatic rings. The molecular weight excluding hydrogens is 450 g/mol. The maximum Gasteiger partial charge on any atom is 0.255 e. The third kappa shape index (κ3) is 7.00. The van der Waals surface area contributed by atoms with Gasteiger partial charge in [-0.3, -0.25) is 4.79 Å². The molecule has 0 radical (unpaired) electrons. The maximum absolute atomic E-state index is 13.3. The summed E-state index contributed by atoms with van der Waals surface area (Å²) in [6.07, 6.45) is 1.49. The van der Waals surface area contributed by atoms with Gasteiger partial charge < -0.3 is 4.74 Å². The number of carbonyl (C=O) groups is 1. The zero-order valence-corrected chi connectivity index (χ0v) is 20.4. The summed E-state index contributed by atoms with van der Waals surface area (Å²) < 4.78 is 33.3. The largest absolute Gasteiger partial charge is 0.494 e. The van der Waals surface area contributed by atoms with Crippen molar-refractivity contribution >= 4 is 22.1 Å². The van der Waals surface area contributed by atoms with E-state index in [2.05, 4.69) is 10.5 Å². The van der Waals surface area contributed by atoms with Crippen molar-refractivity contribution in [3.05, 3.63) is 95.1 Å². The first-order valence-corrected chi connectivity index (χ1v) is 12.4. The maximum atomic E-state index is 13.3. The van der Waals surface area contributed by atoms with Crippen LogP contribution in [0.3, 0.4) is 0 Å². The Morgan fingerprint density at radius 2 is 1.71 bits per heavy atom. The van der Waals surface area contributed by atoms with Crippen LogP contribution in [0, 0.1) is 13.8 Å². The van der Waals surface area contributed by atoms with Gasteiger partial charge in [0.15, 0.2) is 0 Å². The molecule has 1 amide bonds. The summed E-state index contributed by atoms with van der Waals surface area (Å²) in [5.41, 5.74) is 5.95. The molecule has 0 fully saturated rings. The second-order valence-corrected chi connectivity index (χ2v) is 9.81. The number of sulfonamides is 1. The van der Waals surface area contributed by atoms with Crippen molar-refractivity contribution in [2.75, 3.05) is 13.2 Å². The van der Waals surface area contributed by atoms with Crippen molar-refractivity contribution in [1.29, 1.82) is 0 Å². The number of hydrazone groups is 1. The Labute approximate surface area is 201 Å². The van der Waals surface area contributed by atoms with Gasteiger partial charge in [-0.25, -0.2) is 13.8 Å². The molecule has 0 unspecified atom stereocenters. The second-order valence-electron chi connectivity index (χ2n) is 7.87. The number of benzene rings is 3. The Kier molecular flexibility index (Phi) is 8.56. The van der Waals surface area contributed by atoms with Crippen LogP contribution in [-0.4, -0.2) is 38.0 Å². The van der Waals surface area contributed by atoms with Gasteiger partial charge in [0, 0.05) is 6.54 Å². The lowest BCUT2D eigenvalue weighted by atomic mass is 10.1. The van der Waals surface area contributed by atoms with Gasteiger partial charge in [0.05, 0.1) is 24.3 Å². The van der Waals surface area contributed by atoms with Crippen LogP contribution in [0.2, 0.25) is 0 Å². The van der Waals surface area contributed by atoms with Crippen molar-refractivity contribution in [1.82, 2.24) is 9.73 Å². The van der Waals surface area contributed by atoms with Crippen LogP contribution >= 0.6 is 0 Å². The SMILES string of the molecule is CCOc1ccc(/C=N\NC(=O)CN(Cc2cccc(C)c2)S(=O)(=O)c2ccc(C)cc2)cc1. The van der Waals surface area contributed by atoms with Crippen molar-refractivity contribution < 1.29 is 17.9 Å². The quantitative estimate of drug-likeness (QED) is 0.351. The molecule has 0 heterocycles. The first-order valence-electron chi connectivity index (χ1n) is 10.9. The molecule has 0 aliphatic carbocycles. The predicted octanol–water partition coefficient (Wildman–Crippen LogP) is 4.04. The Bertz CT molecular complexity index is 1240.